The minimum atomic E-state index is -0.238. The Morgan fingerprint density at radius 2 is 1.97 bits per heavy atom. The summed E-state index contributed by atoms with van der Waals surface area (Å²) in [5, 5.41) is 7.59. The zero-order valence-electron chi connectivity index (χ0n) is 16.3. The molecule has 0 bridgehead atoms. The van der Waals surface area contributed by atoms with Crippen LogP contribution >= 0.6 is 11.8 Å². The molecule has 0 saturated carbocycles. The minimum Gasteiger partial charge on any atom is -0.497 e. The Morgan fingerprint density at radius 1 is 1.13 bits per heavy atom. The third-order valence-corrected chi connectivity index (χ3v) is 5.05. The molecule has 0 fully saturated rings. The van der Waals surface area contributed by atoms with Crippen molar-refractivity contribution in [1.82, 2.24) is 24.6 Å². The maximum Gasteiger partial charge on any atom is 0.249 e. The number of thioether (sulfide) groups is 1. The fraction of sp³-hybridized carbons (Fsp3) is 0.150. The highest BCUT2D eigenvalue weighted by Crippen LogP contribution is 2.33. The van der Waals surface area contributed by atoms with Crippen molar-refractivity contribution >= 4 is 29.3 Å². The van der Waals surface area contributed by atoms with E-state index in [-0.39, 0.29) is 17.6 Å². The van der Waals surface area contributed by atoms with Crippen LogP contribution in [0.25, 0.3) is 16.8 Å². The number of rotatable bonds is 7. The summed E-state index contributed by atoms with van der Waals surface area (Å²) in [6.07, 6.45) is 5.08. The lowest BCUT2D eigenvalue weighted by atomic mass is 10.1. The Kier molecular flexibility index (Phi) is 5.75. The molecule has 10 heteroatoms. The minimum absolute atomic E-state index is 0.159. The van der Waals surface area contributed by atoms with Gasteiger partial charge in [0.15, 0.2) is 10.8 Å². The largest absolute Gasteiger partial charge is 0.497 e. The lowest BCUT2D eigenvalue weighted by molar-refractivity contribution is -0.113. The molecule has 4 aromatic rings. The molecule has 0 radical (unpaired) electrons. The molecule has 0 atom stereocenters. The Morgan fingerprint density at radius 3 is 2.73 bits per heavy atom. The summed E-state index contributed by atoms with van der Waals surface area (Å²) < 4.78 is 12.4. The van der Waals surface area contributed by atoms with E-state index in [0.717, 1.165) is 16.9 Å². The molecule has 4 rings (SSSR count). The monoisotopic (exact) mass is 422 g/mol. The summed E-state index contributed by atoms with van der Waals surface area (Å²) in [5.41, 5.74) is 2.34. The number of ether oxygens (including phenoxy) is 2. The van der Waals surface area contributed by atoms with E-state index >= 15 is 0 Å². The van der Waals surface area contributed by atoms with Gasteiger partial charge in [0.2, 0.25) is 11.9 Å². The number of nitrogens with one attached hydrogen (secondary N) is 1. The van der Waals surface area contributed by atoms with Crippen molar-refractivity contribution in [1.29, 1.82) is 0 Å². The summed E-state index contributed by atoms with van der Waals surface area (Å²) in [5.74, 6) is 1.58. The number of carbonyl (C=O) groups is 1. The lowest BCUT2D eigenvalue weighted by Crippen LogP contribution is -2.15. The predicted molar refractivity (Wildman–Crippen MR) is 113 cm³/mol. The van der Waals surface area contributed by atoms with E-state index in [1.807, 2.05) is 36.5 Å². The zero-order chi connectivity index (χ0) is 20.9. The second-order valence-corrected chi connectivity index (χ2v) is 7.03. The normalized spacial score (nSPS) is 10.7. The van der Waals surface area contributed by atoms with E-state index in [9.17, 15) is 4.79 Å². The number of nitrogens with zero attached hydrogens (tertiary/aromatic N) is 5. The highest BCUT2D eigenvalue weighted by atomic mass is 32.2. The third-order valence-electron chi connectivity index (χ3n) is 4.17. The highest BCUT2D eigenvalue weighted by molar-refractivity contribution is 7.99. The number of carbonyl (C=O) groups excluding carboxylic acids is 1. The molecule has 0 spiro atoms. The lowest BCUT2D eigenvalue weighted by Gasteiger charge is -2.10. The second kappa shape index (κ2) is 8.78. The molecule has 0 unspecified atom stereocenters. The molecule has 0 aliphatic rings. The van der Waals surface area contributed by atoms with Crippen molar-refractivity contribution < 1.29 is 14.3 Å². The number of amides is 1. The smallest absolute Gasteiger partial charge is 0.249 e. The Labute approximate surface area is 176 Å². The van der Waals surface area contributed by atoms with Gasteiger partial charge in [-0.15, -0.1) is 5.10 Å². The van der Waals surface area contributed by atoms with Crippen LogP contribution < -0.4 is 14.8 Å². The Bertz CT molecular complexity index is 1180. The molecule has 3 heterocycles. The van der Waals surface area contributed by atoms with Crippen LogP contribution in [0.5, 0.6) is 11.5 Å². The average molecular weight is 422 g/mol. The summed E-state index contributed by atoms with van der Waals surface area (Å²) in [4.78, 5) is 24.7. The molecule has 1 aromatic carbocycles. The number of fused-ring (bicyclic) bond motifs is 1. The van der Waals surface area contributed by atoms with Gasteiger partial charge in [0.25, 0.3) is 0 Å². The molecule has 3 aromatic heterocycles. The predicted octanol–water partition coefficient (Wildman–Crippen LogP) is 2.93. The number of hydrogen-bond acceptors (Lipinski definition) is 8. The van der Waals surface area contributed by atoms with Crippen LogP contribution in [0.3, 0.4) is 0 Å². The molecule has 9 nitrogen and oxygen atoms in total. The van der Waals surface area contributed by atoms with Crippen LogP contribution in [-0.2, 0) is 4.79 Å². The molecular weight excluding hydrogens is 404 g/mol. The van der Waals surface area contributed by atoms with Gasteiger partial charge in [0, 0.05) is 29.7 Å². The highest BCUT2D eigenvalue weighted by Gasteiger charge is 2.12. The fourth-order valence-corrected chi connectivity index (χ4v) is 3.39. The summed E-state index contributed by atoms with van der Waals surface area (Å²) in [7, 11) is 3.23. The number of benzene rings is 1. The molecular formula is C20H18N6O3S. The molecule has 0 aliphatic heterocycles. The fourth-order valence-electron chi connectivity index (χ4n) is 2.79. The zero-order valence-corrected chi connectivity index (χ0v) is 17.1. The van der Waals surface area contributed by atoms with Gasteiger partial charge in [-0.1, -0.05) is 11.8 Å². The average Bonchev–Trinajstić information content (AvgIpc) is 3.19. The quantitative estimate of drug-likeness (QED) is 0.358. The van der Waals surface area contributed by atoms with Gasteiger partial charge >= 0.3 is 0 Å². The van der Waals surface area contributed by atoms with Gasteiger partial charge in [0.1, 0.15) is 11.5 Å². The van der Waals surface area contributed by atoms with Gasteiger partial charge in [-0.2, -0.15) is 4.98 Å². The second-order valence-electron chi connectivity index (χ2n) is 6.09. The Hall–Kier alpha value is -3.66. The van der Waals surface area contributed by atoms with Crippen molar-refractivity contribution in [3.05, 3.63) is 55.0 Å². The molecule has 1 N–H and O–H groups in total. The SMILES string of the molecule is COc1ccc(OC)c(-c2ccc3nc(NC(=O)CSc4ncccn4)nn3c2)c1. The molecule has 152 valence electrons. The molecule has 0 aliphatic carbocycles. The van der Waals surface area contributed by atoms with Crippen LogP contribution in [0.4, 0.5) is 5.95 Å². The van der Waals surface area contributed by atoms with Gasteiger partial charge in [-0.05, 0) is 36.4 Å². The first kappa shape index (κ1) is 19.6. The van der Waals surface area contributed by atoms with Crippen LogP contribution in [-0.4, -0.2) is 50.4 Å². The van der Waals surface area contributed by atoms with E-state index in [2.05, 4.69) is 25.4 Å². The molecule has 0 saturated heterocycles. The van der Waals surface area contributed by atoms with Crippen molar-refractivity contribution in [3.63, 3.8) is 0 Å². The maximum atomic E-state index is 12.2. The first-order valence-corrected chi connectivity index (χ1v) is 9.93. The van der Waals surface area contributed by atoms with E-state index in [4.69, 9.17) is 9.47 Å². The number of hydrogen-bond donors (Lipinski definition) is 1. The number of methoxy groups -OCH3 is 2. The van der Waals surface area contributed by atoms with Gasteiger partial charge < -0.3 is 9.47 Å². The van der Waals surface area contributed by atoms with Crippen molar-refractivity contribution in [2.24, 2.45) is 0 Å². The van der Waals surface area contributed by atoms with Crippen molar-refractivity contribution in [2.75, 3.05) is 25.3 Å². The third kappa shape index (κ3) is 4.33. The number of anilines is 1. The maximum absolute atomic E-state index is 12.2. The van der Waals surface area contributed by atoms with Crippen LogP contribution in [0.2, 0.25) is 0 Å². The number of aromatic nitrogens is 5. The van der Waals surface area contributed by atoms with E-state index in [0.29, 0.717) is 16.6 Å². The van der Waals surface area contributed by atoms with Crippen LogP contribution in [0, 0.1) is 0 Å². The topological polar surface area (TPSA) is 104 Å². The summed E-state index contributed by atoms with van der Waals surface area (Å²) >= 11 is 1.24. The number of pyridine rings is 1. The van der Waals surface area contributed by atoms with Gasteiger partial charge in [-0.25, -0.2) is 14.5 Å². The van der Waals surface area contributed by atoms with E-state index < -0.39 is 0 Å². The first-order valence-electron chi connectivity index (χ1n) is 8.95. The van der Waals surface area contributed by atoms with Crippen LogP contribution in [0.15, 0.2) is 60.1 Å². The van der Waals surface area contributed by atoms with Gasteiger partial charge in [0.05, 0.1) is 20.0 Å². The van der Waals surface area contributed by atoms with Crippen molar-refractivity contribution in [3.8, 4) is 22.6 Å². The van der Waals surface area contributed by atoms with E-state index in [1.54, 1.807) is 37.2 Å². The van der Waals surface area contributed by atoms with Crippen molar-refractivity contribution in [2.45, 2.75) is 5.16 Å². The molecule has 1 amide bonds. The molecule has 30 heavy (non-hydrogen) atoms. The summed E-state index contributed by atoms with van der Waals surface area (Å²) in [6, 6.07) is 11.0. The van der Waals surface area contributed by atoms with Gasteiger partial charge in [-0.3, -0.25) is 10.1 Å². The summed E-state index contributed by atoms with van der Waals surface area (Å²) in [6.45, 7) is 0. The standard InChI is InChI=1S/C20H18N6O3S/c1-28-14-5-6-16(29-2)15(10-14)13-4-7-17-23-19(25-26(17)11-13)24-18(27)12-30-20-21-8-3-9-22-20/h3-11H,12H2,1-2H3,(H,24,25,27). The Balaban J connectivity index is 1.52. The first-order chi connectivity index (χ1) is 14.7. The van der Waals surface area contributed by atoms with E-state index in [1.165, 1.54) is 11.8 Å². The van der Waals surface area contributed by atoms with Crippen LogP contribution in [0.1, 0.15) is 0 Å².